The van der Waals surface area contributed by atoms with Crippen molar-refractivity contribution in [1.82, 2.24) is 0 Å². The molecular formula is C17H24F12. The van der Waals surface area contributed by atoms with Crippen molar-refractivity contribution < 1.29 is 52.7 Å². The van der Waals surface area contributed by atoms with Gasteiger partial charge >= 0.3 is 24.7 Å². The maximum absolute atomic E-state index is 13.5. The van der Waals surface area contributed by atoms with E-state index in [1.54, 1.807) is 0 Å². The summed E-state index contributed by atoms with van der Waals surface area (Å²) in [5, 5.41) is 0. The summed E-state index contributed by atoms with van der Waals surface area (Å²) in [6.45, 7) is 1.88. The molecule has 0 saturated heterocycles. The molecule has 0 bridgehead atoms. The molecule has 0 aromatic carbocycles. The molecule has 0 rings (SSSR count). The molecular weight excluding hydrogens is 432 g/mol. The predicted molar refractivity (Wildman–Crippen MR) is 81.9 cm³/mol. The van der Waals surface area contributed by atoms with Crippen LogP contribution in [0.25, 0.3) is 0 Å². The smallest absolute Gasteiger partial charge is 0.170 e. The summed E-state index contributed by atoms with van der Waals surface area (Å²) in [4.78, 5) is 0. The van der Waals surface area contributed by atoms with Crippen LogP contribution in [0.4, 0.5) is 52.7 Å². The van der Waals surface area contributed by atoms with Crippen LogP contribution >= 0.6 is 0 Å². The Morgan fingerprint density at radius 1 is 0.483 bits per heavy atom. The third-order valence-corrected chi connectivity index (χ3v) is 6.08. The van der Waals surface area contributed by atoms with E-state index in [9.17, 15) is 52.7 Å². The fraction of sp³-hybridized carbons (Fsp3) is 1.00. The lowest BCUT2D eigenvalue weighted by atomic mass is 9.59. The van der Waals surface area contributed by atoms with E-state index in [-0.39, 0.29) is 26.7 Å². The van der Waals surface area contributed by atoms with Gasteiger partial charge in [0.05, 0.1) is 0 Å². The Kier molecular flexibility index (Phi) is 8.12. The fourth-order valence-corrected chi connectivity index (χ4v) is 3.31. The zero-order valence-corrected chi connectivity index (χ0v) is 16.3. The molecule has 0 aliphatic heterocycles. The van der Waals surface area contributed by atoms with Gasteiger partial charge in [0.15, 0.2) is 10.8 Å². The van der Waals surface area contributed by atoms with E-state index in [1.807, 2.05) is 0 Å². The van der Waals surface area contributed by atoms with Gasteiger partial charge in [-0.2, -0.15) is 52.7 Å². The Morgan fingerprint density at radius 2 is 0.828 bits per heavy atom. The fourth-order valence-electron chi connectivity index (χ4n) is 3.31. The normalized spacial score (nSPS) is 17.4. The van der Waals surface area contributed by atoms with Crippen molar-refractivity contribution in [2.24, 2.45) is 16.2 Å². The van der Waals surface area contributed by atoms with Gasteiger partial charge in [-0.3, -0.25) is 0 Å². The average Bonchev–Trinajstić information content (AvgIpc) is 2.47. The lowest BCUT2D eigenvalue weighted by Gasteiger charge is -2.49. The van der Waals surface area contributed by atoms with Crippen molar-refractivity contribution in [2.75, 3.05) is 0 Å². The average molecular weight is 456 g/mol. The second-order valence-corrected chi connectivity index (χ2v) is 7.97. The van der Waals surface area contributed by atoms with Crippen LogP contribution in [0.1, 0.15) is 66.2 Å². The molecule has 0 aromatic heterocycles. The molecule has 0 fully saturated rings. The molecule has 29 heavy (non-hydrogen) atoms. The molecule has 0 nitrogen and oxygen atoms in total. The highest BCUT2D eigenvalue weighted by Gasteiger charge is 2.74. The molecule has 1 atom stereocenters. The Bertz CT molecular complexity index is 494. The zero-order valence-electron chi connectivity index (χ0n) is 16.3. The minimum atomic E-state index is -5.80. The van der Waals surface area contributed by atoms with Gasteiger partial charge in [-0.1, -0.05) is 33.1 Å². The van der Waals surface area contributed by atoms with Crippen molar-refractivity contribution in [3.05, 3.63) is 0 Å². The molecule has 176 valence electrons. The van der Waals surface area contributed by atoms with Crippen molar-refractivity contribution in [3.63, 3.8) is 0 Å². The summed E-state index contributed by atoms with van der Waals surface area (Å²) in [5.74, 6) is 0. The van der Waals surface area contributed by atoms with Crippen LogP contribution < -0.4 is 0 Å². The highest BCUT2D eigenvalue weighted by molar-refractivity contribution is 5.02. The minimum Gasteiger partial charge on any atom is -0.170 e. The Hall–Kier alpha value is -0.840. The van der Waals surface area contributed by atoms with E-state index >= 15 is 0 Å². The largest absolute Gasteiger partial charge is 0.403 e. The van der Waals surface area contributed by atoms with Crippen molar-refractivity contribution in [1.29, 1.82) is 0 Å². The van der Waals surface area contributed by atoms with Gasteiger partial charge in [0, 0.05) is 0 Å². The van der Waals surface area contributed by atoms with Crippen molar-refractivity contribution >= 4 is 0 Å². The molecule has 1 unspecified atom stereocenters. The molecule has 0 saturated carbocycles. The van der Waals surface area contributed by atoms with Gasteiger partial charge < -0.3 is 0 Å². The SMILES string of the molecule is CCCCC(C)(CCCC(C)(C(F)(F)F)C(F)(F)F)C(C)(C(F)(F)F)C(F)(F)F. The zero-order chi connectivity index (χ0) is 23.7. The first-order valence-corrected chi connectivity index (χ1v) is 8.79. The van der Waals surface area contributed by atoms with Crippen molar-refractivity contribution in [2.45, 2.75) is 90.9 Å². The molecule has 0 N–H and O–H groups in total. The van der Waals surface area contributed by atoms with Gasteiger partial charge in [-0.15, -0.1) is 0 Å². The number of hydrogen-bond acceptors (Lipinski definition) is 0. The summed E-state index contributed by atoms with van der Waals surface area (Å²) in [7, 11) is 0. The quantitative estimate of drug-likeness (QED) is 0.321. The summed E-state index contributed by atoms with van der Waals surface area (Å²) in [6.07, 6.45) is -27.6. The second-order valence-electron chi connectivity index (χ2n) is 7.97. The molecule has 0 aliphatic carbocycles. The highest BCUT2D eigenvalue weighted by Crippen LogP contribution is 2.63. The first-order chi connectivity index (χ1) is 12.5. The standard InChI is InChI=1S/C17H24F12/c1-5-6-8-11(2,13(4,16(24,25)26)17(27,28)29)9-7-10-12(3,14(18,19)20)15(21,22)23/h5-10H2,1-4H3. The van der Waals surface area contributed by atoms with Crippen LogP contribution in [-0.4, -0.2) is 24.7 Å². The van der Waals surface area contributed by atoms with Gasteiger partial charge in [0.25, 0.3) is 0 Å². The van der Waals surface area contributed by atoms with E-state index in [4.69, 9.17) is 0 Å². The number of hydrogen-bond donors (Lipinski definition) is 0. The van der Waals surface area contributed by atoms with E-state index in [2.05, 4.69) is 0 Å². The van der Waals surface area contributed by atoms with Gasteiger partial charge in [-0.25, -0.2) is 0 Å². The Morgan fingerprint density at radius 3 is 1.10 bits per heavy atom. The monoisotopic (exact) mass is 456 g/mol. The highest BCUT2D eigenvalue weighted by atomic mass is 19.4. The summed E-state index contributed by atoms with van der Waals surface area (Å²) in [5.41, 5.74) is -11.2. The molecule has 0 spiro atoms. The number of unbranched alkanes of at least 4 members (excludes halogenated alkanes) is 1. The number of halogens is 12. The van der Waals surface area contributed by atoms with Crippen LogP contribution in [0.5, 0.6) is 0 Å². The molecule has 12 heteroatoms. The summed E-state index contributed by atoms with van der Waals surface area (Å²) in [6, 6.07) is 0. The second kappa shape index (κ2) is 8.36. The lowest BCUT2D eigenvalue weighted by Crippen LogP contribution is -2.58. The maximum atomic E-state index is 13.5. The molecule has 0 radical (unpaired) electrons. The van der Waals surface area contributed by atoms with Crippen LogP contribution in [0, 0.1) is 16.2 Å². The molecule has 0 aromatic rings. The topological polar surface area (TPSA) is 0 Å². The minimum absolute atomic E-state index is 0.0879. The predicted octanol–water partition coefficient (Wildman–Crippen LogP) is 8.62. The van der Waals surface area contributed by atoms with E-state index in [1.165, 1.54) is 6.92 Å². The third kappa shape index (κ3) is 5.26. The van der Waals surface area contributed by atoms with Gasteiger partial charge in [0.2, 0.25) is 0 Å². The van der Waals surface area contributed by atoms with Crippen LogP contribution in [-0.2, 0) is 0 Å². The first-order valence-electron chi connectivity index (χ1n) is 8.79. The maximum Gasteiger partial charge on any atom is 0.403 e. The van der Waals surface area contributed by atoms with Gasteiger partial charge in [0.1, 0.15) is 0 Å². The van der Waals surface area contributed by atoms with Crippen LogP contribution in [0.3, 0.4) is 0 Å². The molecule has 0 aliphatic rings. The van der Waals surface area contributed by atoms with E-state index < -0.39 is 66.6 Å². The number of alkyl halides is 12. The van der Waals surface area contributed by atoms with E-state index in [0.717, 1.165) is 0 Å². The van der Waals surface area contributed by atoms with Crippen LogP contribution in [0.15, 0.2) is 0 Å². The number of rotatable bonds is 8. The third-order valence-electron chi connectivity index (χ3n) is 6.08. The van der Waals surface area contributed by atoms with Crippen molar-refractivity contribution in [3.8, 4) is 0 Å². The Balaban J connectivity index is 6.05. The summed E-state index contributed by atoms with van der Waals surface area (Å²) < 4.78 is 159. The lowest BCUT2D eigenvalue weighted by molar-refractivity contribution is -0.372. The van der Waals surface area contributed by atoms with Crippen LogP contribution in [0.2, 0.25) is 0 Å². The van der Waals surface area contributed by atoms with E-state index in [0.29, 0.717) is 6.92 Å². The summed E-state index contributed by atoms with van der Waals surface area (Å²) >= 11 is 0. The Labute approximate surface area is 161 Å². The molecule has 0 amide bonds. The molecule has 0 heterocycles. The first kappa shape index (κ1) is 28.2. The van der Waals surface area contributed by atoms with Gasteiger partial charge in [-0.05, 0) is 38.5 Å².